The molecule has 0 radical (unpaired) electrons. The van der Waals surface area contributed by atoms with E-state index in [0.717, 1.165) is 10.9 Å². The van der Waals surface area contributed by atoms with Crippen LogP contribution in [0.3, 0.4) is 0 Å². The average Bonchev–Trinajstić information content (AvgIpc) is 2.48. The first-order valence-electron chi connectivity index (χ1n) is 6.22. The molecule has 0 saturated heterocycles. The number of hydrogen-bond acceptors (Lipinski definition) is 4. The molecular weight excluding hydrogens is 252 g/mol. The van der Waals surface area contributed by atoms with E-state index < -0.39 is 0 Å². The van der Waals surface area contributed by atoms with Gasteiger partial charge in [0.2, 0.25) is 0 Å². The number of hydrogen-bond donors (Lipinski definition) is 0. The fraction of sp³-hybridized carbons (Fsp3) is 0.0625. The van der Waals surface area contributed by atoms with Gasteiger partial charge < -0.3 is 4.74 Å². The summed E-state index contributed by atoms with van der Waals surface area (Å²) in [6.07, 6.45) is 3.20. The summed E-state index contributed by atoms with van der Waals surface area (Å²) in [4.78, 5) is 19.5. The van der Waals surface area contributed by atoms with Gasteiger partial charge in [0.25, 0.3) is 0 Å². The highest BCUT2D eigenvalue weighted by atomic mass is 16.5. The molecule has 3 aromatic rings. The number of ether oxygens (including phenoxy) is 1. The van der Waals surface area contributed by atoms with Crippen LogP contribution >= 0.6 is 0 Å². The van der Waals surface area contributed by atoms with E-state index in [0.29, 0.717) is 17.2 Å². The van der Waals surface area contributed by atoms with Crippen molar-refractivity contribution < 1.29 is 9.53 Å². The standard InChI is InChI=1S/C16H12N2O2/c1-11(19)15-7-6-13(9-17-15)20-14-8-12-4-2-3-5-16(12)18-10-14/h2-10H,1H3. The van der Waals surface area contributed by atoms with Gasteiger partial charge in [0.05, 0.1) is 17.9 Å². The summed E-state index contributed by atoms with van der Waals surface area (Å²) in [5.74, 6) is 1.15. The molecule has 0 aliphatic carbocycles. The minimum absolute atomic E-state index is 0.0658. The number of fused-ring (bicyclic) bond motifs is 1. The van der Waals surface area contributed by atoms with Crippen molar-refractivity contribution in [2.45, 2.75) is 6.92 Å². The Morgan fingerprint density at radius 2 is 1.80 bits per heavy atom. The van der Waals surface area contributed by atoms with E-state index in [4.69, 9.17) is 4.74 Å². The van der Waals surface area contributed by atoms with Crippen molar-refractivity contribution in [3.63, 3.8) is 0 Å². The Labute approximate surface area is 116 Å². The Morgan fingerprint density at radius 3 is 2.55 bits per heavy atom. The summed E-state index contributed by atoms with van der Waals surface area (Å²) >= 11 is 0. The Hall–Kier alpha value is -2.75. The molecule has 0 atom stereocenters. The summed E-state index contributed by atoms with van der Waals surface area (Å²) in [6, 6.07) is 13.1. The van der Waals surface area contributed by atoms with E-state index in [2.05, 4.69) is 9.97 Å². The number of pyridine rings is 2. The minimum Gasteiger partial charge on any atom is -0.454 e. The molecule has 1 aromatic carbocycles. The number of carbonyl (C=O) groups is 1. The van der Waals surface area contributed by atoms with Crippen LogP contribution in [0.2, 0.25) is 0 Å². The van der Waals surface area contributed by atoms with E-state index in [1.165, 1.54) is 13.1 Å². The maximum absolute atomic E-state index is 11.1. The largest absolute Gasteiger partial charge is 0.454 e. The molecule has 3 rings (SSSR count). The van der Waals surface area contributed by atoms with Gasteiger partial charge in [-0.05, 0) is 24.3 Å². The van der Waals surface area contributed by atoms with Gasteiger partial charge in [-0.15, -0.1) is 0 Å². The summed E-state index contributed by atoms with van der Waals surface area (Å²) in [7, 11) is 0. The molecule has 0 aliphatic rings. The number of nitrogens with zero attached hydrogens (tertiary/aromatic N) is 2. The number of para-hydroxylation sites is 1. The molecular formula is C16H12N2O2. The fourth-order valence-electron chi connectivity index (χ4n) is 1.89. The van der Waals surface area contributed by atoms with Crippen molar-refractivity contribution in [2.75, 3.05) is 0 Å². The van der Waals surface area contributed by atoms with Crippen LogP contribution in [0.15, 0.2) is 54.9 Å². The second-order valence-corrected chi connectivity index (χ2v) is 4.40. The molecule has 0 bridgehead atoms. The van der Waals surface area contributed by atoms with Gasteiger partial charge in [0.15, 0.2) is 5.78 Å². The predicted octanol–water partition coefficient (Wildman–Crippen LogP) is 3.62. The number of ketones is 1. The first-order valence-corrected chi connectivity index (χ1v) is 6.22. The van der Waals surface area contributed by atoms with Gasteiger partial charge in [-0.3, -0.25) is 9.78 Å². The molecule has 0 fully saturated rings. The fourth-order valence-corrected chi connectivity index (χ4v) is 1.89. The molecule has 0 N–H and O–H groups in total. The van der Waals surface area contributed by atoms with Gasteiger partial charge >= 0.3 is 0 Å². The summed E-state index contributed by atoms with van der Waals surface area (Å²) in [5.41, 5.74) is 1.35. The third-order valence-corrected chi connectivity index (χ3v) is 2.90. The number of aromatic nitrogens is 2. The number of carbonyl (C=O) groups excluding carboxylic acids is 1. The van der Waals surface area contributed by atoms with Crippen LogP contribution in [0.5, 0.6) is 11.5 Å². The highest BCUT2D eigenvalue weighted by Crippen LogP contribution is 2.23. The van der Waals surface area contributed by atoms with Crippen LogP contribution in [0.1, 0.15) is 17.4 Å². The lowest BCUT2D eigenvalue weighted by atomic mass is 10.2. The second-order valence-electron chi connectivity index (χ2n) is 4.40. The Morgan fingerprint density at radius 1 is 1.00 bits per heavy atom. The maximum Gasteiger partial charge on any atom is 0.178 e. The molecule has 0 saturated carbocycles. The van der Waals surface area contributed by atoms with Crippen molar-refractivity contribution in [3.8, 4) is 11.5 Å². The summed E-state index contributed by atoms with van der Waals surface area (Å²) in [6.45, 7) is 1.48. The van der Waals surface area contributed by atoms with Gasteiger partial charge in [0, 0.05) is 12.3 Å². The molecule has 2 aromatic heterocycles. The van der Waals surface area contributed by atoms with E-state index in [1.807, 2.05) is 30.3 Å². The van der Waals surface area contributed by atoms with E-state index in [9.17, 15) is 4.79 Å². The predicted molar refractivity (Wildman–Crippen MR) is 76.1 cm³/mol. The average molecular weight is 264 g/mol. The molecule has 0 aliphatic heterocycles. The lowest BCUT2D eigenvalue weighted by Crippen LogP contribution is -1.96. The topological polar surface area (TPSA) is 52.1 Å². The zero-order chi connectivity index (χ0) is 13.9. The highest BCUT2D eigenvalue weighted by Gasteiger charge is 2.03. The normalized spacial score (nSPS) is 10.4. The molecule has 98 valence electrons. The summed E-state index contributed by atoms with van der Waals surface area (Å²) in [5, 5.41) is 1.01. The lowest BCUT2D eigenvalue weighted by molar-refractivity contribution is 0.101. The Balaban J connectivity index is 1.87. The molecule has 0 spiro atoms. The van der Waals surface area contributed by atoms with Crippen molar-refractivity contribution >= 4 is 16.7 Å². The number of benzene rings is 1. The number of rotatable bonds is 3. The van der Waals surface area contributed by atoms with Gasteiger partial charge in [-0.1, -0.05) is 18.2 Å². The van der Waals surface area contributed by atoms with Crippen LogP contribution < -0.4 is 4.74 Å². The van der Waals surface area contributed by atoms with Gasteiger partial charge in [0.1, 0.15) is 17.2 Å². The molecule has 4 nitrogen and oxygen atoms in total. The number of Topliss-reactive ketones (excluding diaryl/α,β-unsaturated/α-hetero) is 1. The van der Waals surface area contributed by atoms with Crippen molar-refractivity contribution in [1.29, 1.82) is 0 Å². The lowest BCUT2D eigenvalue weighted by Gasteiger charge is -2.06. The summed E-state index contributed by atoms with van der Waals surface area (Å²) < 4.78 is 5.68. The van der Waals surface area contributed by atoms with Gasteiger partial charge in [-0.25, -0.2) is 4.98 Å². The smallest absolute Gasteiger partial charge is 0.178 e. The van der Waals surface area contributed by atoms with Gasteiger partial charge in [-0.2, -0.15) is 0 Å². The molecule has 20 heavy (non-hydrogen) atoms. The zero-order valence-electron chi connectivity index (χ0n) is 10.9. The van der Waals surface area contributed by atoms with Crippen LogP contribution in [-0.2, 0) is 0 Å². The molecule has 0 unspecified atom stereocenters. The van der Waals surface area contributed by atoms with Crippen LogP contribution in [-0.4, -0.2) is 15.8 Å². The van der Waals surface area contributed by atoms with E-state index >= 15 is 0 Å². The maximum atomic E-state index is 11.1. The van der Waals surface area contributed by atoms with Crippen molar-refractivity contribution in [1.82, 2.24) is 9.97 Å². The zero-order valence-corrected chi connectivity index (χ0v) is 10.9. The molecule has 4 heteroatoms. The van der Waals surface area contributed by atoms with Crippen LogP contribution in [0.25, 0.3) is 10.9 Å². The van der Waals surface area contributed by atoms with E-state index in [1.54, 1.807) is 18.3 Å². The van der Waals surface area contributed by atoms with Crippen LogP contribution in [0.4, 0.5) is 0 Å². The Bertz CT molecular complexity index is 767. The monoisotopic (exact) mass is 264 g/mol. The van der Waals surface area contributed by atoms with Crippen molar-refractivity contribution in [2.24, 2.45) is 0 Å². The first kappa shape index (κ1) is 12.3. The quantitative estimate of drug-likeness (QED) is 0.678. The van der Waals surface area contributed by atoms with E-state index in [-0.39, 0.29) is 5.78 Å². The minimum atomic E-state index is -0.0658. The first-order chi connectivity index (χ1) is 9.72. The third-order valence-electron chi connectivity index (χ3n) is 2.90. The second kappa shape index (κ2) is 5.09. The third kappa shape index (κ3) is 2.49. The van der Waals surface area contributed by atoms with Crippen molar-refractivity contribution in [3.05, 3.63) is 60.6 Å². The Kier molecular flexibility index (Phi) is 3.13. The molecule has 2 heterocycles. The molecule has 0 amide bonds. The SMILES string of the molecule is CC(=O)c1ccc(Oc2cnc3ccccc3c2)cn1. The van der Waals surface area contributed by atoms with Crippen LogP contribution in [0, 0.1) is 0 Å². The highest BCUT2D eigenvalue weighted by molar-refractivity contribution is 5.92.